The standard InChI is InChI=1S/C18H20BrNO3/c1-22-15-7-3-14(4-8-15)12-20-18(21)10-6-13-5-9-17(23-2)16(19)11-13/h3-5,7-9,11H,6,10,12H2,1-2H3,(H,20,21). The second-order valence-corrected chi connectivity index (χ2v) is 5.95. The van der Waals surface area contributed by atoms with E-state index in [0.717, 1.165) is 27.1 Å². The van der Waals surface area contributed by atoms with Crippen molar-refractivity contribution in [2.45, 2.75) is 19.4 Å². The van der Waals surface area contributed by atoms with Crippen molar-refractivity contribution in [1.29, 1.82) is 0 Å². The average Bonchev–Trinajstić information content (AvgIpc) is 2.58. The average molecular weight is 378 g/mol. The Kier molecular flexibility index (Phi) is 6.47. The van der Waals surface area contributed by atoms with E-state index in [4.69, 9.17) is 9.47 Å². The molecular formula is C18H20BrNO3. The number of methoxy groups -OCH3 is 2. The molecule has 0 saturated heterocycles. The molecule has 0 aliphatic heterocycles. The third-order valence-electron chi connectivity index (χ3n) is 3.51. The number of carbonyl (C=O) groups is 1. The lowest BCUT2D eigenvalue weighted by Crippen LogP contribution is -2.22. The molecule has 0 bridgehead atoms. The van der Waals surface area contributed by atoms with Crippen LogP contribution >= 0.6 is 15.9 Å². The molecule has 0 saturated carbocycles. The summed E-state index contributed by atoms with van der Waals surface area (Å²) in [5, 5.41) is 2.93. The highest BCUT2D eigenvalue weighted by Gasteiger charge is 2.05. The molecule has 0 heterocycles. The van der Waals surface area contributed by atoms with Gasteiger partial charge in [0.15, 0.2) is 0 Å². The number of nitrogens with one attached hydrogen (secondary N) is 1. The van der Waals surface area contributed by atoms with Crippen LogP contribution < -0.4 is 14.8 Å². The highest BCUT2D eigenvalue weighted by molar-refractivity contribution is 9.10. The van der Waals surface area contributed by atoms with Crippen LogP contribution in [0.4, 0.5) is 0 Å². The van der Waals surface area contributed by atoms with Gasteiger partial charge in [-0.15, -0.1) is 0 Å². The predicted molar refractivity (Wildman–Crippen MR) is 93.9 cm³/mol. The van der Waals surface area contributed by atoms with Crippen LogP contribution in [0.2, 0.25) is 0 Å². The van der Waals surface area contributed by atoms with E-state index in [-0.39, 0.29) is 5.91 Å². The Morgan fingerprint density at radius 2 is 1.74 bits per heavy atom. The molecule has 1 amide bonds. The second kappa shape index (κ2) is 8.58. The molecule has 0 atom stereocenters. The Morgan fingerprint density at radius 1 is 1.04 bits per heavy atom. The summed E-state index contributed by atoms with van der Waals surface area (Å²) < 4.78 is 11.2. The van der Waals surface area contributed by atoms with Crippen molar-refractivity contribution in [1.82, 2.24) is 5.32 Å². The summed E-state index contributed by atoms with van der Waals surface area (Å²) in [4.78, 5) is 11.9. The van der Waals surface area contributed by atoms with E-state index >= 15 is 0 Å². The van der Waals surface area contributed by atoms with Gasteiger partial charge in [-0.25, -0.2) is 0 Å². The number of halogens is 1. The van der Waals surface area contributed by atoms with Crippen molar-refractivity contribution in [3.8, 4) is 11.5 Å². The molecule has 5 heteroatoms. The molecule has 0 aliphatic rings. The van der Waals surface area contributed by atoms with Gasteiger partial charge in [0.1, 0.15) is 11.5 Å². The Balaban J connectivity index is 1.79. The van der Waals surface area contributed by atoms with Gasteiger partial charge in [0.2, 0.25) is 5.91 Å². The first kappa shape index (κ1) is 17.3. The molecule has 0 aliphatic carbocycles. The number of amides is 1. The maximum Gasteiger partial charge on any atom is 0.220 e. The summed E-state index contributed by atoms with van der Waals surface area (Å²) in [6.07, 6.45) is 1.14. The first-order chi connectivity index (χ1) is 11.1. The van der Waals surface area contributed by atoms with Crippen molar-refractivity contribution in [3.05, 3.63) is 58.1 Å². The van der Waals surface area contributed by atoms with E-state index in [2.05, 4.69) is 21.2 Å². The Bertz CT molecular complexity index is 656. The molecule has 23 heavy (non-hydrogen) atoms. The lowest BCUT2D eigenvalue weighted by molar-refractivity contribution is -0.121. The molecule has 122 valence electrons. The van der Waals surface area contributed by atoms with Crippen molar-refractivity contribution >= 4 is 21.8 Å². The maximum absolute atomic E-state index is 11.9. The molecule has 0 radical (unpaired) electrons. The van der Waals surface area contributed by atoms with Crippen LogP contribution in [0.15, 0.2) is 46.9 Å². The van der Waals surface area contributed by atoms with Crippen LogP contribution in [-0.4, -0.2) is 20.1 Å². The maximum atomic E-state index is 11.9. The van der Waals surface area contributed by atoms with E-state index in [1.807, 2.05) is 42.5 Å². The summed E-state index contributed by atoms with van der Waals surface area (Å²) in [6, 6.07) is 13.5. The molecule has 1 N–H and O–H groups in total. The molecule has 2 aromatic rings. The summed E-state index contributed by atoms with van der Waals surface area (Å²) in [6.45, 7) is 0.523. The number of ether oxygens (including phenoxy) is 2. The van der Waals surface area contributed by atoms with Crippen LogP contribution in [0.5, 0.6) is 11.5 Å². The minimum atomic E-state index is 0.0350. The van der Waals surface area contributed by atoms with E-state index < -0.39 is 0 Å². The molecule has 0 unspecified atom stereocenters. The fraction of sp³-hybridized carbons (Fsp3) is 0.278. The zero-order valence-electron chi connectivity index (χ0n) is 13.3. The van der Waals surface area contributed by atoms with Gasteiger partial charge in [-0.3, -0.25) is 4.79 Å². The molecule has 0 spiro atoms. The fourth-order valence-electron chi connectivity index (χ4n) is 2.16. The number of hydrogen-bond acceptors (Lipinski definition) is 3. The molecular weight excluding hydrogens is 358 g/mol. The lowest BCUT2D eigenvalue weighted by Gasteiger charge is -2.08. The van der Waals surface area contributed by atoms with Crippen molar-refractivity contribution < 1.29 is 14.3 Å². The highest BCUT2D eigenvalue weighted by atomic mass is 79.9. The Morgan fingerprint density at radius 3 is 2.35 bits per heavy atom. The van der Waals surface area contributed by atoms with Crippen LogP contribution in [0.25, 0.3) is 0 Å². The molecule has 0 aromatic heterocycles. The van der Waals surface area contributed by atoms with Gasteiger partial charge in [-0.1, -0.05) is 18.2 Å². The van der Waals surface area contributed by atoms with Gasteiger partial charge in [-0.2, -0.15) is 0 Å². The monoisotopic (exact) mass is 377 g/mol. The van der Waals surface area contributed by atoms with Gasteiger partial charge in [0.05, 0.1) is 18.7 Å². The normalized spacial score (nSPS) is 10.2. The van der Waals surface area contributed by atoms with E-state index in [0.29, 0.717) is 19.4 Å². The number of rotatable bonds is 7. The first-order valence-electron chi connectivity index (χ1n) is 7.34. The Labute approximate surface area is 144 Å². The van der Waals surface area contributed by atoms with E-state index in [1.165, 1.54) is 0 Å². The van der Waals surface area contributed by atoms with E-state index in [1.54, 1.807) is 14.2 Å². The van der Waals surface area contributed by atoms with Gasteiger partial charge in [-0.05, 0) is 57.7 Å². The molecule has 4 nitrogen and oxygen atoms in total. The van der Waals surface area contributed by atoms with Crippen LogP contribution in [0.3, 0.4) is 0 Å². The molecule has 2 rings (SSSR count). The quantitative estimate of drug-likeness (QED) is 0.799. The summed E-state index contributed by atoms with van der Waals surface area (Å²) in [5.41, 5.74) is 2.14. The minimum absolute atomic E-state index is 0.0350. The largest absolute Gasteiger partial charge is 0.497 e. The predicted octanol–water partition coefficient (Wildman–Crippen LogP) is 3.72. The zero-order valence-corrected chi connectivity index (χ0v) is 14.9. The lowest BCUT2D eigenvalue weighted by atomic mass is 10.1. The third kappa shape index (κ3) is 5.28. The summed E-state index contributed by atoms with van der Waals surface area (Å²) in [7, 11) is 3.26. The van der Waals surface area contributed by atoms with Crippen LogP contribution in [0, 0.1) is 0 Å². The first-order valence-corrected chi connectivity index (χ1v) is 8.13. The minimum Gasteiger partial charge on any atom is -0.497 e. The smallest absolute Gasteiger partial charge is 0.220 e. The molecule has 2 aromatic carbocycles. The topological polar surface area (TPSA) is 47.6 Å². The Hall–Kier alpha value is -2.01. The second-order valence-electron chi connectivity index (χ2n) is 5.09. The highest BCUT2D eigenvalue weighted by Crippen LogP contribution is 2.25. The van der Waals surface area contributed by atoms with Gasteiger partial charge >= 0.3 is 0 Å². The van der Waals surface area contributed by atoms with Crippen LogP contribution in [-0.2, 0) is 17.8 Å². The van der Waals surface area contributed by atoms with Crippen molar-refractivity contribution in [2.24, 2.45) is 0 Å². The fourth-order valence-corrected chi connectivity index (χ4v) is 2.74. The van der Waals surface area contributed by atoms with Gasteiger partial charge < -0.3 is 14.8 Å². The van der Waals surface area contributed by atoms with Crippen LogP contribution in [0.1, 0.15) is 17.5 Å². The summed E-state index contributed by atoms with van der Waals surface area (Å²) in [5.74, 6) is 1.63. The van der Waals surface area contributed by atoms with Gasteiger partial charge in [0, 0.05) is 13.0 Å². The van der Waals surface area contributed by atoms with Gasteiger partial charge in [0.25, 0.3) is 0 Å². The number of hydrogen-bond donors (Lipinski definition) is 1. The number of carbonyl (C=O) groups excluding carboxylic acids is 1. The van der Waals surface area contributed by atoms with E-state index in [9.17, 15) is 4.79 Å². The SMILES string of the molecule is COc1ccc(CNC(=O)CCc2ccc(OC)c(Br)c2)cc1. The van der Waals surface area contributed by atoms with Crippen molar-refractivity contribution in [3.63, 3.8) is 0 Å². The van der Waals surface area contributed by atoms with Crippen molar-refractivity contribution in [2.75, 3.05) is 14.2 Å². The zero-order chi connectivity index (χ0) is 16.7. The third-order valence-corrected chi connectivity index (χ3v) is 4.13. The molecule has 0 fully saturated rings. The number of aryl methyl sites for hydroxylation is 1. The summed E-state index contributed by atoms with van der Waals surface area (Å²) >= 11 is 3.45. The number of benzene rings is 2.